The monoisotopic (exact) mass is 270 g/mol. The summed E-state index contributed by atoms with van der Waals surface area (Å²) in [6.45, 7) is 2.82. The highest BCUT2D eigenvalue weighted by Gasteiger charge is 2.05. The van der Waals surface area contributed by atoms with Crippen LogP contribution >= 0.6 is 11.6 Å². The van der Waals surface area contributed by atoms with Crippen molar-refractivity contribution in [3.63, 3.8) is 0 Å². The first-order valence-corrected chi connectivity index (χ1v) is 6.55. The van der Waals surface area contributed by atoms with E-state index in [2.05, 4.69) is 24.4 Å². The molecule has 96 valence electrons. The molecule has 0 heterocycles. The second-order valence-electron chi connectivity index (χ2n) is 4.47. The van der Waals surface area contributed by atoms with Gasteiger partial charge in [-0.1, -0.05) is 35.9 Å². The van der Waals surface area contributed by atoms with Crippen molar-refractivity contribution in [2.45, 2.75) is 19.5 Å². The van der Waals surface area contributed by atoms with Gasteiger partial charge in [-0.25, -0.2) is 0 Å². The predicted octanol–water partition coefficient (Wildman–Crippen LogP) is 4.06. The van der Waals surface area contributed by atoms with Crippen LogP contribution in [0.1, 0.15) is 29.7 Å². The van der Waals surface area contributed by atoms with Crippen molar-refractivity contribution in [3.05, 3.63) is 70.2 Å². The van der Waals surface area contributed by atoms with Crippen molar-refractivity contribution in [2.24, 2.45) is 0 Å². The van der Waals surface area contributed by atoms with E-state index in [-0.39, 0.29) is 6.04 Å². The minimum absolute atomic E-state index is 0.212. The maximum Gasteiger partial charge on any atom is 0.0991 e. The molecule has 0 saturated carbocycles. The molecular formula is C16H15ClN2. The number of nitriles is 1. The zero-order valence-electron chi connectivity index (χ0n) is 10.7. The Balaban J connectivity index is 2.00. The fraction of sp³-hybridized carbons (Fsp3) is 0.188. The van der Waals surface area contributed by atoms with Crippen molar-refractivity contribution >= 4 is 11.6 Å². The molecule has 2 nitrogen and oxygen atoms in total. The first-order valence-electron chi connectivity index (χ1n) is 6.17. The summed E-state index contributed by atoms with van der Waals surface area (Å²) in [6, 6.07) is 17.8. The zero-order valence-corrected chi connectivity index (χ0v) is 11.5. The molecule has 0 saturated heterocycles. The molecule has 0 unspecified atom stereocenters. The van der Waals surface area contributed by atoms with Crippen LogP contribution in [0, 0.1) is 11.3 Å². The molecule has 0 spiro atoms. The van der Waals surface area contributed by atoms with Gasteiger partial charge >= 0.3 is 0 Å². The normalized spacial score (nSPS) is 11.8. The van der Waals surface area contributed by atoms with E-state index >= 15 is 0 Å². The number of hydrogen-bond acceptors (Lipinski definition) is 2. The summed E-state index contributed by atoms with van der Waals surface area (Å²) >= 11 is 5.98. The molecule has 0 bridgehead atoms. The van der Waals surface area contributed by atoms with Gasteiger partial charge < -0.3 is 5.32 Å². The molecule has 2 rings (SSSR count). The van der Waals surface area contributed by atoms with Crippen molar-refractivity contribution in [1.82, 2.24) is 5.32 Å². The maximum absolute atomic E-state index is 8.86. The summed E-state index contributed by atoms with van der Waals surface area (Å²) in [5.41, 5.74) is 2.95. The van der Waals surface area contributed by atoms with Crippen LogP contribution in [0.5, 0.6) is 0 Å². The van der Waals surface area contributed by atoms with E-state index in [1.54, 1.807) is 0 Å². The van der Waals surface area contributed by atoms with E-state index in [1.807, 2.05) is 42.5 Å². The Morgan fingerprint density at radius 3 is 2.74 bits per heavy atom. The van der Waals surface area contributed by atoms with E-state index in [0.717, 1.165) is 22.7 Å². The van der Waals surface area contributed by atoms with Gasteiger partial charge in [-0.15, -0.1) is 0 Å². The Bertz CT molecular complexity index is 602. The van der Waals surface area contributed by atoms with Crippen LogP contribution in [0.2, 0.25) is 5.02 Å². The number of nitrogens with one attached hydrogen (secondary N) is 1. The lowest BCUT2D eigenvalue weighted by molar-refractivity contribution is 0.574. The molecule has 1 atom stereocenters. The third-order valence-corrected chi connectivity index (χ3v) is 3.25. The predicted molar refractivity (Wildman–Crippen MR) is 77.9 cm³/mol. The number of halogens is 1. The van der Waals surface area contributed by atoms with E-state index in [1.165, 1.54) is 0 Å². The van der Waals surface area contributed by atoms with Gasteiger partial charge in [0.15, 0.2) is 0 Å². The van der Waals surface area contributed by atoms with Crippen molar-refractivity contribution < 1.29 is 0 Å². The van der Waals surface area contributed by atoms with Gasteiger partial charge in [0.25, 0.3) is 0 Å². The minimum atomic E-state index is 0.212. The van der Waals surface area contributed by atoms with E-state index in [9.17, 15) is 0 Å². The summed E-state index contributed by atoms with van der Waals surface area (Å²) in [6.07, 6.45) is 0. The van der Waals surface area contributed by atoms with Gasteiger partial charge in [-0.2, -0.15) is 5.26 Å². The largest absolute Gasteiger partial charge is 0.306 e. The lowest BCUT2D eigenvalue weighted by atomic mass is 10.1. The fourth-order valence-electron chi connectivity index (χ4n) is 1.92. The van der Waals surface area contributed by atoms with Crippen molar-refractivity contribution in [2.75, 3.05) is 0 Å². The molecule has 0 aliphatic carbocycles. The zero-order chi connectivity index (χ0) is 13.7. The van der Waals surface area contributed by atoms with Crippen LogP contribution in [0.15, 0.2) is 48.5 Å². The Morgan fingerprint density at radius 1 is 1.21 bits per heavy atom. The molecule has 0 amide bonds. The molecule has 19 heavy (non-hydrogen) atoms. The van der Waals surface area contributed by atoms with Crippen LogP contribution in [0.4, 0.5) is 0 Å². The molecule has 0 aliphatic heterocycles. The van der Waals surface area contributed by atoms with Gasteiger partial charge in [-0.05, 0) is 42.3 Å². The second-order valence-corrected chi connectivity index (χ2v) is 4.91. The quantitative estimate of drug-likeness (QED) is 0.909. The van der Waals surface area contributed by atoms with E-state index in [0.29, 0.717) is 5.56 Å². The highest BCUT2D eigenvalue weighted by molar-refractivity contribution is 6.30. The smallest absolute Gasteiger partial charge is 0.0991 e. The molecular weight excluding hydrogens is 256 g/mol. The standard InChI is InChI=1S/C16H15ClN2/c1-12(15-6-3-7-16(17)9-15)19-11-14-5-2-4-13(8-14)10-18/h2-9,12,19H,11H2,1H3/t12-/m1/s1. The van der Waals surface area contributed by atoms with E-state index < -0.39 is 0 Å². The van der Waals surface area contributed by atoms with Crippen LogP contribution < -0.4 is 5.32 Å². The summed E-state index contributed by atoms with van der Waals surface area (Å²) in [7, 11) is 0. The van der Waals surface area contributed by atoms with Gasteiger partial charge in [0.2, 0.25) is 0 Å². The van der Waals surface area contributed by atoms with Crippen LogP contribution in [-0.4, -0.2) is 0 Å². The van der Waals surface area contributed by atoms with Gasteiger partial charge in [0, 0.05) is 17.6 Å². The molecule has 0 radical (unpaired) electrons. The van der Waals surface area contributed by atoms with Gasteiger partial charge in [-0.3, -0.25) is 0 Å². The topological polar surface area (TPSA) is 35.8 Å². The SMILES string of the molecule is C[C@@H](NCc1cccc(C#N)c1)c1cccc(Cl)c1. The Labute approximate surface area is 118 Å². The van der Waals surface area contributed by atoms with Gasteiger partial charge in [0.05, 0.1) is 11.6 Å². The number of benzene rings is 2. The maximum atomic E-state index is 8.86. The summed E-state index contributed by atoms with van der Waals surface area (Å²) in [5, 5.41) is 13.0. The van der Waals surface area contributed by atoms with E-state index in [4.69, 9.17) is 16.9 Å². The number of rotatable bonds is 4. The second kappa shape index (κ2) is 6.38. The third kappa shape index (κ3) is 3.82. The first kappa shape index (κ1) is 13.6. The molecule has 0 fully saturated rings. The molecule has 2 aromatic rings. The lowest BCUT2D eigenvalue weighted by Gasteiger charge is -2.14. The van der Waals surface area contributed by atoms with Crippen molar-refractivity contribution in [3.8, 4) is 6.07 Å². The third-order valence-electron chi connectivity index (χ3n) is 3.02. The van der Waals surface area contributed by atoms with Crippen LogP contribution in [0.3, 0.4) is 0 Å². The first-order chi connectivity index (χ1) is 9.19. The average molecular weight is 271 g/mol. The molecule has 2 aromatic carbocycles. The Kier molecular flexibility index (Phi) is 4.57. The number of nitrogens with zero attached hydrogens (tertiary/aromatic N) is 1. The van der Waals surface area contributed by atoms with Gasteiger partial charge in [0.1, 0.15) is 0 Å². The average Bonchev–Trinajstić information content (AvgIpc) is 2.45. The molecule has 0 aromatic heterocycles. The Morgan fingerprint density at radius 2 is 2.00 bits per heavy atom. The Hall–Kier alpha value is -1.82. The molecule has 3 heteroatoms. The highest BCUT2D eigenvalue weighted by Crippen LogP contribution is 2.17. The summed E-state index contributed by atoms with van der Waals surface area (Å²) < 4.78 is 0. The fourth-order valence-corrected chi connectivity index (χ4v) is 2.11. The minimum Gasteiger partial charge on any atom is -0.306 e. The molecule has 1 N–H and O–H groups in total. The highest BCUT2D eigenvalue weighted by atomic mass is 35.5. The molecule has 0 aliphatic rings. The summed E-state index contributed by atoms with van der Waals surface area (Å²) in [5.74, 6) is 0. The summed E-state index contributed by atoms with van der Waals surface area (Å²) in [4.78, 5) is 0. The lowest BCUT2D eigenvalue weighted by Crippen LogP contribution is -2.18. The van der Waals surface area contributed by atoms with Crippen LogP contribution in [0.25, 0.3) is 0 Å². The van der Waals surface area contributed by atoms with Crippen molar-refractivity contribution in [1.29, 1.82) is 5.26 Å². The van der Waals surface area contributed by atoms with Crippen LogP contribution in [-0.2, 0) is 6.54 Å². The number of hydrogen-bond donors (Lipinski definition) is 1.